The van der Waals surface area contributed by atoms with E-state index in [1.807, 2.05) is 21.6 Å². The normalized spacial score (nSPS) is 22.1. The maximum absolute atomic E-state index is 12.8. The SMILES string of the molecule is Cn1cnc([N+](=O)[O-])c1N1CCC[C@@H]1C(=O)N1CCSCC1. The standard InChI is InChI=1S/C13H19N5O3S/c1-15-9-14-11(18(20)21)12(15)17-4-2-3-10(17)13(19)16-5-7-22-8-6-16/h9-10H,2-8H2,1H3/t10-/m1/s1. The first-order chi connectivity index (χ1) is 10.6. The van der Waals surface area contributed by atoms with Gasteiger partial charge in [0, 0.05) is 38.2 Å². The molecule has 2 aliphatic heterocycles. The van der Waals surface area contributed by atoms with Gasteiger partial charge in [-0.25, -0.2) is 0 Å². The summed E-state index contributed by atoms with van der Waals surface area (Å²) < 4.78 is 1.63. The second-order valence-corrected chi connectivity index (χ2v) is 6.77. The molecule has 0 bridgehead atoms. The van der Waals surface area contributed by atoms with E-state index >= 15 is 0 Å². The number of hydrogen-bond acceptors (Lipinski definition) is 6. The smallest absolute Gasteiger partial charge is 0.358 e. The summed E-state index contributed by atoms with van der Waals surface area (Å²) in [7, 11) is 1.73. The Kier molecular flexibility index (Phi) is 4.23. The van der Waals surface area contributed by atoms with Crippen LogP contribution in [0.4, 0.5) is 11.6 Å². The van der Waals surface area contributed by atoms with Crippen LogP contribution in [0.15, 0.2) is 6.33 Å². The van der Waals surface area contributed by atoms with Crippen molar-refractivity contribution in [3.8, 4) is 0 Å². The highest BCUT2D eigenvalue weighted by Crippen LogP contribution is 2.33. The van der Waals surface area contributed by atoms with Gasteiger partial charge in [-0.1, -0.05) is 0 Å². The summed E-state index contributed by atoms with van der Waals surface area (Å²) in [6, 6.07) is -0.308. The molecule has 1 aromatic rings. The molecule has 1 amide bonds. The van der Waals surface area contributed by atoms with Gasteiger partial charge in [0.2, 0.25) is 18.1 Å². The summed E-state index contributed by atoms with van der Waals surface area (Å²) in [5.74, 6) is 2.28. The molecule has 120 valence electrons. The van der Waals surface area contributed by atoms with Gasteiger partial charge in [0.25, 0.3) is 0 Å². The summed E-state index contributed by atoms with van der Waals surface area (Å²) in [5.41, 5.74) is 0. The number of carbonyl (C=O) groups excluding carboxylic acids is 1. The largest absolute Gasteiger partial charge is 0.406 e. The Morgan fingerprint density at radius 2 is 2.14 bits per heavy atom. The van der Waals surface area contributed by atoms with Gasteiger partial charge in [0.05, 0.1) is 0 Å². The van der Waals surface area contributed by atoms with E-state index < -0.39 is 4.92 Å². The van der Waals surface area contributed by atoms with Crippen molar-refractivity contribution in [2.24, 2.45) is 7.05 Å². The fourth-order valence-corrected chi connectivity index (χ4v) is 4.05. The average molecular weight is 325 g/mol. The second kappa shape index (κ2) is 6.15. The fourth-order valence-electron chi connectivity index (χ4n) is 3.14. The molecule has 1 atom stereocenters. The highest BCUT2D eigenvalue weighted by molar-refractivity contribution is 7.99. The van der Waals surface area contributed by atoms with Crippen LogP contribution < -0.4 is 4.90 Å². The van der Waals surface area contributed by atoms with E-state index in [0.29, 0.717) is 12.4 Å². The number of nitro groups is 1. The Morgan fingerprint density at radius 1 is 1.41 bits per heavy atom. The number of carbonyl (C=O) groups is 1. The Balaban J connectivity index is 1.85. The van der Waals surface area contributed by atoms with Gasteiger partial charge in [-0.15, -0.1) is 0 Å². The quantitative estimate of drug-likeness (QED) is 0.606. The van der Waals surface area contributed by atoms with Crippen LogP contribution in [-0.4, -0.2) is 62.5 Å². The predicted octanol–water partition coefficient (Wildman–Crippen LogP) is 0.872. The van der Waals surface area contributed by atoms with Crippen molar-refractivity contribution in [3.05, 3.63) is 16.4 Å². The zero-order chi connectivity index (χ0) is 15.7. The lowest BCUT2D eigenvalue weighted by Crippen LogP contribution is -2.49. The van der Waals surface area contributed by atoms with Crippen molar-refractivity contribution in [3.63, 3.8) is 0 Å². The molecule has 0 radical (unpaired) electrons. The van der Waals surface area contributed by atoms with Crippen LogP contribution in [0.5, 0.6) is 0 Å². The first-order valence-electron chi connectivity index (χ1n) is 7.38. The van der Waals surface area contributed by atoms with Crippen LogP contribution >= 0.6 is 11.8 Å². The third-order valence-corrected chi connectivity index (χ3v) is 5.14. The van der Waals surface area contributed by atoms with E-state index in [9.17, 15) is 14.9 Å². The monoisotopic (exact) mass is 325 g/mol. The third-order valence-electron chi connectivity index (χ3n) is 4.19. The number of aryl methyl sites for hydroxylation is 1. The number of thioether (sulfide) groups is 1. The summed E-state index contributed by atoms with van der Waals surface area (Å²) in [6.45, 7) is 2.18. The molecule has 22 heavy (non-hydrogen) atoms. The molecule has 2 fully saturated rings. The highest BCUT2D eigenvalue weighted by Gasteiger charge is 2.39. The lowest BCUT2D eigenvalue weighted by molar-refractivity contribution is -0.388. The van der Waals surface area contributed by atoms with Gasteiger partial charge in [0.1, 0.15) is 6.04 Å². The Hall–Kier alpha value is -1.77. The first-order valence-corrected chi connectivity index (χ1v) is 8.54. The van der Waals surface area contributed by atoms with Gasteiger partial charge in [0.15, 0.2) is 0 Å². The molecule has 0 aromatic carbocycles. The Labute approximate surface area is 132 Å². The summed E-state index contributed by atoms with van der Waals surface area (Å²) >= 11 is 1.86. The summed E-state index contributed by atoms with van der Waals surface area (Å²) in [4.78, 5) is 31.1. The van der Waals surface area contributed by atoms with Crippen molar-refractivity contribution in [2.75, 3.05) is 36.0 Å². The molecule has 0 aliphatic carbocycles. The van der Waals surface area contributed by atoms with E-state index in [1.54, 1.807) is 11.6 Å². The minimum Gasteiger partial charge on any atom is -0.358 e. The van der Waals surface area contributed by atoms with E-state index in [1.165, 1.54) is 6.33 Å². The van der Waals surface area contributed by atoms with Crippen LogP contribution in [-0.2, 0) is 11.8 Å². The fraction of sp³-hybridized carbons (Fsp3) is 0.692. The van der Waals surface area contributed by atoms with Crippen molar-refractivity contribution in [1.29, 1.82) is 0 Å². The molecular formula is C13H19N5O3S. The number of aromatic nitrogens is 2. The molecule has 3 heterocycles. The van der Waals surface area contributed by atoms with Crippen LogP contribution in [0.3, 0.4) is 0 Å². The van der Waals surface area contributed by atoms with Crippen LogP contribution in [0.25, 0.3) is 0 Å². The minimum absolute atomic E-state index is 0.0910. The zero-order valence-electron chi connectivity index (χ0n) is 12.5. The van der Waals surface area contributed by atoms with Crippen molar-refractivity contribution in [1.82, 2.24) is 14.5 Å². The van der Waals surface area contributed by atoms with E-state index in [-0.39, 0.29) is 17.8 Å². The zero-order valence-corrected chi connectivity index (χ0v) is 13.3. The molecule has 3 rings (SSSR count). The molecule has 0 unspecified atom stereocenters. The number of nitrogens with zero attached hydrogens (tertiary/aromatic N) is 5. The number of amides is 1. The van der Waals surface area contributed by atoms with Gasteiger partial charge < -0.3 is 19.9 Å². The van der Waals surface area contributed by atoms with Gasteiger partial charge >= 0.3 is 5.82 Å². The maximum Gasteiger partial charge on any atom is 0.406 e. The average Bonchev–Trinajstić information content (AvgIpc) is 3.13. The van der Waals surface area contributed by atoms with E-state index in [2.05, 4.69) is 4.98 Å². The summed E-state index contributed by atoms with van der Waals surface area (Å²) in [5, 5.41) is 11.2. The summed E-state index contributed by atoms with van der Waals surface area (Å²) in [6.07, 6.45) is 3.04. The van der Waals surface area contributed by atoms with Crippen molar-refractivity contribution in [2.45, 2.75) is 18.9 Å². The minimum atomic E-state index is -0.479. The Bertz CT molecular complexity index is 584. The molecule has 2 aliphatic rings. The number of imidazole rings is 1. The molecule has 8 nitrogen and oxygen atoms in total. The molecule has 1 aromatic heterocycles. The van der Waals surface area contributed by atoms with Gasteiger partial charge in [-0.2, -0.15) is 11.8 Å². The lowest BCUT2D eigenvalue weighted by atomic mass is 10.2. The molecule has 2 saturated heterocycles. The number of rotatable bonds is 3. The van der Waals surface area contributed by atoms with Gasteiger partial charge in [-0.3, -0.25) is 9.36 Å². The van der Waals surface area contributed by atoms with E-state index in [4.69, 9.17) is 0 Å². The topological polar surface area (TPSA) is 84.5 Å². The third kappa shape index (κ3) is 2.65. The molecule has 9 heteroatoms. The predicted molar refractivity (Wildman–Crippen MR) is 84.1 cm³/mol. The number of anilines is 1. The molecule has 0 saturated carbocycles. The lowest BCUT2D eigenvalue weighted by Gasteiger charge is -2.32. The van der Waals surface area contributed by atoms with Crippen molar-refractivity contribution >= 4 is 29.3 Å². The van der Waals surface area contributed by atoms with Gasteiger partial charge in [-0.05, 0) is 22.7 Å². The van der Waals surface area contributed by atoms with Crippen LogP contribution in [0, 0.1) is 10.1 Å². The molecule has 0 N–H and O–H groups in total. The maximum atomic E-state index is 12.8. The Morgan fingerprint density at radius 3 is 2.82 bits per heavy atom. The number of hydrogen-bond donors (Lipinski definition) is 0. The van der Waals surface area contributed by atoms with E-state index in [0.717, 1.165) is 37.4 Å². The van der Waals surface area contributed by atoms with Crippen LogP contribution in [0.2, 0.25) is 0 Å². The second-order valence-electron chi connectivity index (χ2n) is 5.55. The molecule has 0 spiro atoms. The van der Waals surface area contributed by atoms with Crippen LogP contribution in [0.1, 0.15) is 12.8 Å². The first kappa shape index (κ1) is 15.1. The molecular weight excluding hydrogens is 306 g/mol. The van der Waals surface area contributed by atoms with Crippen molar-refractivity contribution < 1.29 is 9.72 Å². The highest BCUT2D eigenvalue weighted by atomic mass is 32.2.